The van der Waals surface area contributed by atoms with Crippen molar-refractivity contribution in [2.75, 3.05) is 26.4 Å². The fourth-order valence-electron chi connectivity index (χ4n) is 0.979. The predicted molar refractivity (Wildman–Crippen MR) is 67.8 cm³/mol. The van der Waals surface area contributed by atoms with Crippen LogP contribution in [0, 0.1) is 5.41 Å². The van der Waals surface area contributed by atoms with Gasteiger partial charge in [0.05, 0.1) is 25.2 Å². The summed E-state index contributed by atoms with van der Waals surface area (Å²) < 4.78 is 5.06. The number of esters is 1. The maximum Gasteiger partial charge on any atom is 0.314 e. The van der Waals surface area contributed by atoms with Crippen LogP contribution in [0.1, 0.15) is 33.6 Å². The molecule has 1 atom stereocenters. The highest BCUT2D eigenvalue weighted by Gasteiger charge is 2.32. The van der Waals surface area contributed by atoms with Gasteiger partial charge in [0.25, 0.3) is 0 Å². The van der Waals surface area contributed by atoms with Crippen molar-refractivity contribution in [3.63, 3.8) is 0 Å². The number of ether oxygens (including phenoxy) is 1. The van der Waals surface area contributed by atoms with Gasteiger partial charge in [0.2, 0.25) is 0 Å². The lowest BCUT2D eigenvalue weighted by Gasteiger charge is -2.22. The first-order valence-electron chi connectivity index (χ1n) is 6.13. The van der Waals surface area contributed by atoms with Crippen molar-refractivity contribution in [1.82, 2.24) is 0 Å². The Labute approximate surface area is 109 Å². The molecular formula is C13H24O5. The summed E-state index contributed by atoms with van der Waals surface area (Å²) in [4.78, 5) is 21.3. The lowest BCUT2D eigenvalue weighted by molar-refractivity contribution is -0.289. The molecule has 0 aliphatic heterocycles. The van der Waals surface area contributed by atoms with Gasteiger partial charge < -0.3 is 9.84 Å². The van der Waals surface area contributed by atoms with E-state index in [-0.39, 0.29) is 19.2 Å². The average molecular weight is 260 g/mol. The lowest BCUT2D eigenvalue weighted by atomic mass is 9.89. The van der Waals surface area contributed by atoms with E-state index in [2.05, 4.69) is 6.58 Å². The van der Waals surface area contributed by atoms with Crippen LogP contribution in [0.5, 0.6) is 0 Å². The summed E-state index contributed by atoms with van der Waals surface area (Å²) in [5.41, 5.74) is 0.0696. The van der Waals surface area contributed by atoms with Gasteiger partial charge in [-0.1, -0.05) is 19.1 Å². The second-order valence-corrected chi connectivity index (χ2v) is 4.60. The third-order valence-electron chi connectivity index (χ3n) is 2.62. The zero-order valence-electron chi connectivity index (χ0n) is 11.5. The van der Waals surface area contributed by atoms with Crippen molar-refractivity contribution < 1.29 is 24.4 Å². The van der Waals surface area contributed by atoms with E-state index in [1.54, 1.807) is 6.92 Å². The highest BCUT2D eigenvalue weighted by atomic mass is 17.2. The maximum absolute atomic E-state index is 11.6. The molecule has 0 aromatic heterocycles. The predicted octanol–water partition coefficient (Wildman–Crippen LogP) is 1.85. The Balaban J connectivity index is 3.60. The van der Waals surface area contributed by atoms with E-state index < -0.39 is 5.41 Å². The third-order valence-corrected chi connectivity index (χ3v) is 2.62. The van der Waals surface area contributed by atoms with E-state index in [4.69, 9.17) is 19.6 Å². The Bertz CT molecular complexity index is 258. The smallest absolute Gasteiger partial charge is 0.314 e. The monoisotopic (exact) mass is 260 g/mol. The Kier molecular flexibility index (Phi) is 8.62. The molecule has 0 saturated heterocycles. The van der Waals surface area contributed by atoms with Crippen LogP contribution in [0.2, 0.25) is 0 Å². The molecule has 5 heteroatoms. The summed E-state index contributed by atoms with van der Waals surface area (Å²) in [5, 5.41) is 9.13. The Hall–Kier alpha value is -0.910. The summed E-state index contributed by atoms with van der Waals surface area (Å²) >= 11 is 0. The molecular weight excluding hydrogens is 236 g/mol. The standard InChI is InChI=1S/C13H24O5/c1-5-13(4,10-14)12(15)16-7-6-8-17-18-9-11(2)3/h14H,2,5-10H2,1,3-4H3. The molecule has 0 amide bonds. The lowest BCUT2D eigenvalue weighted by Crippen LogP contribution is -2.33. The SMILES string of the molecule is C=C(C)COOCCCOC(=O)C(C)(CC)CO. The number of hydrogen-bond acceptors (Lipinski definition) is 5. The molecule has 0 radical (unpaired) electrons. The molecule has 0 heterocycles. The summed E-state index contributed by atoms with van der Waals surface area (Å²) in [6, 6.07) is 0. The summed E-state index contributed by atoms with van der Waals surface area (Å²) in [5.74, 6) is -0.379. The fourth-order valence-corrected chi connectivity index (χ4v) is 0.979. The zero-order chi connectivity index (χ0) is 14.0. The third kappa shape index (κ3) is 6.74. The minimum atomic E-state index is -0.808. The highest BCUT2D eigenvalue weighted by molar-refractivity contribution is 5.76. The minimum Gasteiger partial charge on any atom is -0.465 e. The van der Waals surface area contributed by atoms with E-state index in [9.17, 15) is 4.79 Å². The normalized spacial score (nSPS) is 14.0. The van der Waals surface area contributed by atoms with Crippen LogP contribution in [0.4, 0.5) is 0 Å². The molecule has 5 nitrogen and oxygen atoms in total. The highest BCUT2D eigenvalue weighted by Crippen LogP contribution is 2.21. The van der Waals surface area contributed by atoms with Gasteiger partial charge in [-0.3, -0.25) is 4.79 Å². The number of rotatable bonds is 10. The van der Waals surface area contributed by atoms with Crippen LogP contribution >= 0.6 is 0 Å². The van der Waals surface area contributed by atoms with E-state index in [1.807, 2.05) is 13.8 Å². The topological polar surface area (TPSA) is 65.0 Å². The van der Waals surface area contributed by atoms with Crippen LogP contribution in [-0.2, 0) is 19.3 Å². The number of carbonyl (C=O) groups is 1. The average Bonchev–Trinajstić information content (AvgIpc) is 2.35. The first kappa shape index (κ1) is 17.1. The van der Waals surface area contributed by atoms with Crippen molar-refractivity contribution >= 4 is 5.97 Å². The summed E-state index contributed by atoms with van der Waals surface area (Å²) in [6.45, 7) is 9.78. The van der Waals surface area contributed by atoms with Crippen LogP contribution in [0.15, 0.2) is 12.2 Å². The molecule has 106 valence electrons. The van der Waals surface area contributed by atoms with Crippen molar-refractivity contribution in [2.24, 2.45) is 5.41 Å². The van der Waals surface area contributed by atoms with Crippen LogP contribution < -0.4 is 0 Å². The quantitative estimate of drug-likeness (QED) is 0.213. The van der Waals surface area contributed by atoms with Gasteiger partial charge in [-0.05, 0) is 20.3 Å². The Morgan fingerprint density at radius 2 is 2.00 bits per heavy atom. The van der Waals surface area contributed by atoms with Crippen LogP contribution in [0.3, 0.4) is 0 Å². The Morgan fingerprint density at radius 1 is 1.33 bits per heavy atom. The minimum absolute atomic E-state index is 0.208. The van der Waals surface area contributed by atoms with Crippen LogP contribution in [-0.4, -0.2) is 37.5 Å². The maximum atomic E-state index is 11.6. The van der Waals surface area contributed by atoms with Gasteiger partial charge in [0, 0.05) is 6.42 Å². The van der Waals surface area contributed by atoms with Crippen molar-refractivity contribution in [3.05, 3.63) is 12.2 Å². The van der Waals surface area contributed by atoms with Gasteiger partial charge in [0.15, 0.2) is 0 Å². The number of hydrogen-bond donors (Lipinski definition) is 1. The fraction of sp³-hybridized carbons (Fsp3) is 0.769. The molecule has 18 heavy (non-hydrogen) atoms. The zero-order valence-corrected chi connectivity index (χ0v) is 11.5. The van der Waals surface area contributed by atoms with Gasteiger partial charge in [0.1, 0.15) is 6.61 Å². The van der Waals surface area contributed by atoms with E-state index >= 15 is 0 Å². The first-order valence-corrected chi connectivity index (χ1v) is 6.13. The molecule has 0 bridgehead atoms. The molecule has 1 N–H and O–H groups in total. The van der Waals surface area contributed by atoms with Crippen molar-refractivity contribution in [3.8, 4) is 0 Å². The first-order chi connectivity index (χ1) is 8.46. The van der Waals surface area contributed by atoms with Gasteiger partial charge in [-0.25, -0.2) is 9.78 Å². The van der Waals surface area contributed by atoms with Crippen molar-refractivity contribution in [2.45, 2.75) is 33.6 Å². The molecule has 0 saturated carbocycles. The number of aliphatic hydroxyl groups is 1. The molecule has 0 aromatic rings. The largest absolute Gasteiger partial charge is 0.465 e. The molecule has 0 rings (SSSR count). The summed E-state index contributed by atoms with van der Waals surface area (Å²) in [7, 11) is 0. The van der Waals surface area contributed by atoms with E-state index in [1.165, 1.54) is 0 Å². The molecule has 0 spiro atoms. The number of aliphatic hydroxyl groups excluding tert-OH is 1. The van der Waals surface area contributed by atoms with Crippen molar-refractivity contribution in [1.29, 1.82) is 0 Å². The van der Waals surface area contributed by atoms with Gasteiger partial charge in [-0.2, -0.15) is 0 Å². The molecule has 0 aliphatic rings. The summed E-state index contributed by atoms with van der Waals surface area (Å²) in [6.07, 6.45) is 1.09. The number of carbonyl (C=O) groups excluding carboxylic acids is 1. The molecule has 0 aromatic carbocycles. The second-order valence-electron chi connectivity index (χ2n) is 4.60. The van der Waals surface area contributed by atoms with Gasteiger partial charge >= 0.3 is 5.97 Å². The second kappa shape index (κ2) is 9.08. The Morgan fingerprint density at radius 3 is 2.50 bits per heavy atom. The molecule has 0 fully saturated rings. The molecule has 1 unspecified atom stereocenters. The molecule has 0 aliphatic carbocycles. The van der Waals surface area contributed by atoms with Gasteiger partial charge in [-0.15, -0.1) is 0 Å². The van der Waals surface area contributed by atoms with E-state index in [0.717, 1.165) is 5.57 Å². The van der Waals surface area contributed by atoms with Crippen LogP contribution in [0.25, 0.3) is 0 Å². The van der Waals surface area contributed by atoms with E-state index in [0.29, 0.717) is 26.1 Å².